The lowest BCUT2D eigenvalue weighted by molar-refractivity contribution is -0.139. The molecule has 0 aliphatic rings. The summed E-state index contributed by atoms with van der Waals surface area (Å²) in [5.41, 5.74) is 0.842. The van der Waals surface area contributed by atoms with Crippen molar-refractivity contribution >= 4 is 16.7 Å². The number of benzene rings is 1. The maximum absolute atomic E-state index is 11.1. The van der Waals surface area contributed by atoms with E-state index >= 15 is 0 Å². The summed E-state index contributed by atoms with van der Waals surface area (Å²) in [6.07, 6.45) is 3.65. The summed E-state index contributed by atoms with van der Waals surface area (Å²) < 4.78 is 0. The van der Waals surface area contributed by atoms with Crippen molar-refractivity contribution in [1.29, 1.82) is 0 Å². The van der Waals surface area contributed by atoms with Crippen LogP contribution in [0.3, 0.4) is 0 Å². The zero-order valence-electron chi connectivity index (χ0n) is 12.1. The molecule has 0 saturated carbocycles. The van der Waals surface area contributed by atoms with Gasteiger partial charge in [-0.3, -0.25) is 14.7 Å². The van der Waals surface area contributed by atoms with Crippen LogP contribution < -0.4 is 0 Å². The smallest absolute Gasteiger partial charge is 0.317 e. The summed E-state index contributed by atoms with van der Waals surface area (Å²) in [4.78, 5) is 17.2. The molecular weight excluding hydrogens is 252 g/mol. The number of carbonyl (C=O) groups is 1. The number of carboxylic acid groups (broad SMARTS) is 1. The Morgan fingerprint density at radius 1 is 1.25 bits per heavy atom. The Bertz CT molecular complexity index is 612. The largest absolute Gasteiger partial charge is 0.480 e. The van der Waals surface area contributed by atoms with Crippen LogP contribution in [0.2, 0.25) is 0 Å². The van der Waals surface area contributed by atoms with Gasteiger partial charge in [0.2, 0.25) is 0 Å². The van der Waals surface area contributed by atoms with Crippen LogP contribution in [0.1, 0.15) is 26.3 Å². The monoisotopic (exact) mass is 272 g/mol. The molecule has 0 fully saturated rings. The van der Waals surface area contributed by atoms with Crippen LogP contribution >= 0.6 is 0 Å². The Hall–Kier alpha value is -1.94. The molecule has 1 aromatic heterocycles. The molecule has 0 unspecified atom stereocenters. The third-order valence-corrected chi connectivity index (χ3v) is 3.39. The third-order valence-electron chi connectivity index (χ3n) is 3.39. The molecule has 0 radical (unpaired) electrons. The highest BCUT2D eigenvalue weighted by molar-refractivity contribution is 5.84. The second kappa shape index (κ2) is 5.59. The van der Waals surface area contributed by atoms with E-state index in [0.717, 1.165) is 16.3 Å². The average Bonchev–Trinajstić information content (AvgIpc) is 2.37. The molecule has 4 heteroatoms. The van der Waals surface area contributed by atoms with Gasteiger partial charge in [0.05, 0.1) is 6.54 Å². The summed E-state index contributed by atoms with van der Waals surface area (Å²) in [5, 5.41) is 11.3. The van der Waals surface area contributed by atoms with Gasteiger partial charge >= 0.3 is 5.97 Å². The summed E-state index contributed by atoms with van der Waals surface area (Å²) in [5.74, 6) is -0.812. The van der Waals surface area contributed by atoms with Gasteiger partial charge in [-0.2, -0.15) is 0 Å². The maximum atomic E-state index is 11.1. The quantitative estimate of drug-likeness (QED) is 0.929. The Labute approximate surface area is 119 Å². The van der Waals surface area contributed by atoms with E-state index in [9.17, 15) is 4.79 Å². The number of rotatable bonds is 4. The van der Waals surface area contributed by atoms with Gasteiger partial charge < -0.3 is 5.11 Å². The Balaban J connectivity index is 2.36. The van der Waals surface area contributed by atoms with E-state index in [1.165, 1.54) is 0 Å². The molecule has 0 spiro atoms. The van der Waals surface area contributed by atoms with Crippen molar-refractivity contribution in [3.05, 3.63) is 42.2 Å². The van der Waals surface area contributed by atoms with Crippen LogP contribution in [0.4, 0.5) is 0 Å². The molecular formula is C16H20N2O2. The lowest BCUT2D eigenvalue weighted by Crippen LogP contribution is -2.43. The van der Waals surface area contributed by atoms with E-state index < -0.39 is 5.97 Å². The molecule has 0 amide bonds. The maximum Gasteiger partial charge on any atom is 0.317 e. The van der Waals surface area contributed by atoms with Gasteiger partial charge in [-0.25, -0.2) is 0 Å². The number of nitrogens with zero attached hydrogens (tertiary/aromatic N) is 2. The number of carboxylic acids is 1. The normalized spacial score (nSPS) is 12.0. The van der Waals surface area contributed by atoms with E-state index in [1.807, 2.05) is 62.3 Å². The van der Waals surface area contributed by atoms with E-state index in [-0.39, 0.29) is 12.1 Å². The summed E-state index contributed by atoms with van der Waals surface area (Å²) >= 11 is 0. The second-order valence-electron chi connectivity index (χ2n) is 5.94. The number of aliphatic carboxylic acids is 1. The highest BCUT2D eigenvalue weighted by atomic mass is 16.4. The fourth-order valence-corrected chi connectivity index (χ4v) is 2.20. The molecule has 1 heterocycles. The van der Waals surface area contributed by atoms with Crippen molar-refractivity contribution in [3.63, 3.8) is 0 Å². The first-order chi connectivity index (χ1) is 9.38. The summed E-state index contributed by atoms with van der Waals surface area (Å²) in [6.45, 7) is 6.66. The topological polar surface area (TPSA) is 53.4 Å². The standard InChI is InChI=1S/C16H20N2O2/c1-16(2,3)18(11-15(19)20)10-13-9-17-8-12-6-4-5-7-14(12)13/h4-9H,10-11H2,1-3H3,(H,19,20). The number of hydrogen-bond acceptors (Lipinski definition) is 3. The van der Waals surface area contributed by atoms with Crippen molar-refractivity contribution in [2.45, 2.75) is 32.9 Å². The van der Waals surface area contributed by atoms with Gasteiger partial charge in [-0.1, -0.05) is 24.3 Å². The predicted octanol–water partition coefficient (Wildman–Crippen LogP) is 2.92. The third kappa shape index (κ3) is 3.33. The second-order valence-corrected chi connectivity index (χ2v) is 5.94. The van der Waals surface area contributed by atoms with Crippen LogP contribution in [0.5, 0.6) is 0 Å². The number of pyridine rings is 1. The fraction of sp³-hybridized carbons (Fsp3) is 0.375. The number of fused-ring (bicyclic) bond motifs is 1. The minimum atomic E-state index is -0.812. The van der Waals surface area contributed by atoms with Crippen molar-refractivity contribution < 1.29 is 9.90 Å². The first-order valence-corrected chi connectivity index (χ1v) is 6.66. The van der Waals surface area contributed by atoms with E-state index in [2.05, 4.69) is 4.98 Å². The number of aromatic nitrogens is 1. The highest BCUT2D eigenvalue weighted by Gasteiger charge is 2.24. The van der Waals surface area contributed by atoms with Gasteiger partial charge in [0, 0.05) is 29.9 Å². The van der Waals surface area contributed by atoms with Gasteiger partial charge in [0.15, 0.2) is 0 Å². The van der Waals surface area contributed by atoms with Crippen LogP contribution in [-0.4, -0.2) is 33.0 Å². The molecule has 0 aliphatic carbocycles. The minimum absolute atomic E-state index is 0.0206. The molecule has 4 nitrogen and oxygen atoms in total. The van der Waals surface area contributed by atoms with E-state index in [0.29, 0.717) is 6.54 Å². The van der Waals surface area contributed by atoms with Gasteiger partial charge in [-0.15, -0.1) is 0 Å². The number of hydrogen-bond donors (Lipinski definition) is 1. The molecule has 1 aromatic carbocycles. The average molecular weight is 272 g/mol. The first kappa shape index (κ1) is 14.5. The van der Waals surface area contributed by atoms with Gasteiger partial charge in [0.25, 0.3) is 0 Å². The fourth-order valence-electron chi connectivity index (χ4n) is 2.20. The lowest BCUT2D eigenvalue weighted by Gasteiger charge is -2.34. The highest BCUT2D eigenvalue weighted by Crippen LogP contribution is 2.22. The Morgan fingerprint density at radius 2 is 1.95 bits per heavy atom. The van der Waals surface area contributed by atoms with Gasteiger partial charge in [0.1, 0.15) is 0 Å². The molecule has 0 saturated heterocycles. The summed E-state index contributed by atoms with van der Waals surface area (Å²) in [7, 11) is 0. The molecule has 2 rings (SSSR count). The molecule has 1 N–H and O–H groups in total. The first-order valence-electron chi connectivity index (χ1n) is 6.66. The van der Waals surface area contributed by atoms with Crippen LogP contribution in [0.15, 0.2) is 36.7 Å². The Kier molecular flexibility index (Phi) is 4.04. The Morgan fingerprint density at radius 3 is 2.60 bits per heavy atom. The van der Waals surface area contributed by atoms with Crippen molar-refractivity contribution in [1.82, 2.24) is 9.88 Å². The summed E-state index contributed by atoms with van der Waals surface area (Å²) in [6, 6.07) is 8.04. The zero-order valence-corrected chi connectivity index (χ0v) is 12.1. The van der Waals surface area contributed by atoms with Crippen LogP contribution in [0, 0.1) is 0 Å². The molecule has 20 heavy (non-hydrogen) atoms. The van der Waals surface area contributed by atoms with Crippen LogP contribution in [-0.2, 0) is 11.3 Å². The van der Waals surface area contributed by atoms with E-state index in [4.69, 9.17) is 5.11 Å². The molecule has 106 valence electrons. The zero-order chi connectivity index (χ0) is 14.8. The van der Waals surface area contributed by atoms with E-state index in [1.54, 1.807) is 0 Å². The van der Waals surface area contributed by atoms with Gasteiger partial charge in [-0.05, 0) is 31.7 Å². The van der Waals surface area contributed by atoms with Crippen molar-refractivity contribution in [3.8, 4) is 0 Å². The SMILES string of the molecule is CC(C)(C)N(CC(=O)O)Cc1cncc2ccccc12. The van der Waals surface area contributed by atoms with Crippen molar-refractivity contribution in [2.24, 2.45) is 0 Å². The molecule has 0 bridgehead atoms. The predicted molar refractivity (Wildman–Crippen MR) is 79.5 cm³/mol. The minimum Gasteiger partial charge on any atom is -0.480 e. The molecule has 0 atom stereocenters. The lowest BCUT2D eigenvalue weighted by atomic mass is 10.0. The van der Waals surface area contributed by atoms with Crippen LogP contribution in [0.25, 0.3) is 10.8 Å². The van der Waals surface area contributed by atoms with Crippen molar-refractivity contribution in [2.75, 3.05) is 6.54 Å². The molecule has 2 aromatic rings. The molecule has 0 aliphatic heterocycles.